The molecule has 0 spiro atoms. The van der Waals surface area contributed by atoms with Crippen LogP contribution in [0.2, 0.25) is 0 Å². The van der Waals surface area contributed by atoms with Gasteiger partial charge in [0.1, 0.15) is 0 Å². The third-order valence-corrected chi connectivity index (χ3v) is 5.33. The summed E-state index contributed by atoms with van der Waals surface area (Å²) in [4.78, 5) is 21.0. The van der Waals surface area contributed by atoms with Crippen molar-refractivity contribution >= 4 is 32.7 Å². The molecule has 1 aliphatic heterocycles. The molecule has 6 heteroatoms. The molecular weight excluding hydrogens is 308 g/mol. The van der Waals surface area contributed by atoms with E-state index in [-0.39, 0.29) is 12.1 Å². The molecule has 0 saturated carbocycles. The van der Waals surface area contributed by atoms with Gasteiger partial charge in [-0.2, -0.15) is 0 Å². The highest BCUT2D eigenvalue weighted by Crippen LogP contribution is 2.32. The average Bonchev–Trinajstić information content (AvgIpc) is 2.91. The molecule has 0 aliphatic carbocycles. The van der Waals surface area contributed by atoms with Gasteiger partial charge in [0, 0.05) is 32.2 Å². The van der Waals surface area contributed by atoms with Gasteiger partial charge in [-0.25, -0.2) is 9.78 Å². The summed E-state index contributed by atoms with van der Waals surface area (Å²) in [5.41, 5.74) is 3.63. The molecule has 3 rings (SSSR count). The number of aromatic nitrogens is 1. The first-order valence-corrected chi connectivity index (χ1v) is 8.94. The summed E-state index contributed by atoms with van der Waals surface area (Å²) in [6.07, 6.45) is 0. The summed E-state index contributed by atoms with van der Waals surface area (Å²) in [6.45, 7) is 11.4. The van der Waals surface area contributed by atoms with Gasteiger partial charge >= 0.3 is 6.03 Å². The van der Waals surface area contributed by atoms with Crippen LogP contribution in [0.3, 0.4) is 0 Å². The lowest BCUT2D eigenvalue weighted by Crippen LogP contribution is -2.52. The predicted molar refractivity (Wildman–Crippen MR) is 96.5 cm³/mol. The zero-order chi connectivity index (χ0) is 16.6. The summed E-state index contributed by atoms with van der Waals surface area (Å²) in [5.74, 6) is 0. The zero-order valence-corrected chi connectivity index (χ0v) is 15.0. The summed E-state index contributed by atoms with van der Waals surface area (Å²) in [5, 5.41) is 4.02. The first-order chi connectivity index (χ1) is 10.9. The molecule has 0 unspecified atom stereocenters. The Morgan fingerprint density at radius 1 is 1.22 bits per heavy atom. The largest absolute Gasteiger partial charge is 0.345 e. The van der Waals surface area contributed by atoms with Crippen molar-refractivity contribution in [3.05, 3.63) is 23.3 Å². The number of carbonyl (C=O) groups is 1. The van der Waals surface area contributed by atoms with Crippen molar-refractivity contribution in [2.75, 3.05) is 31.1 Å². The monoisotopic (exact) mass is 332 g/mol. The lowest BCUT2D eigenvalue weighted by molar-refractivity contribution is 0.192. The fourth-order valence-corrected chi connectivity index (χ4v) is 4.01. The van der Waals surface area contributed by atoms with Crippen LogP contribution in [0.4, 0.5) is 9.93 Å². The molecule has 1 fully saturated rings. The van der Waals surface area contributed by atoms with Crippen LogP contribution in [0.1, 0.15) is 25.0 Å². The van der Waals surface area contributed by atoms with Crippen LogP contribution in [0, 0.1) is 13.8 Å². The summed E-state index contributed by atoms with van der Waals surface area (Å²) in [7, 11) is 0. The number of aryl methyl sites for hydroxylation is 2. The molecule has 124 valence electrons. The van der Waals surface area contributed by atoms with Gasteiger partial charge in [-0.15, -0.1) is 0 Å². The maximum absolute atomic E-state index is 12.1. The molecule has 1 aliphatic rings. The number of anilines is 1. The molecule has 1 aromatic carbocycles. The Hall–Kier alpha value is -1.82. The third kappa shape index (κ3) is 3.42. The number of rotatable bonds is 2. The first kappa shape index (κ1) is 16.1. The lowest BCUT2D eigenvalue weighted by atomic mass is 10.1. The van der Waals surface area contributed by atoms with E-state index in [2.05, 4.69) is 36.2 Å². The van der Waals surface area contributed by atoms with Crippen LogP contribution in [0.5, 0.6) is 0 Å². The minimum atomic E-state index is 0.0374. The number of hydrogen-bond donors (Lipinski definition) is 1. The van der Waals surface area contributed by atoms with Crippen molar-refractivity contribution in [2.45, 2.75) is 33.7 Å². The van der Waals surface area contributed by atoms with Crippen LogP contribution in [-0.4, -0.2) is 48.1 Å². The van der Waals surface area contributed by atoms with Gasteiger partial charge < -0.3 is 15.1 Å². The van der Waals surface area contributed by atoms with Gasteiger partial charge in [0.25, 0.3) is 0 Å². The van der Waals surface area contributed by atoms with E-state index < -0.39 is 0 Å². The van der Waals surface area contributed by atoms with Gasteiger partial charge in [-0.05, 0) is 44.9 Å². The highest BCUT2D eigenvalue weighted by molar-refractivity contribution is 7.22. The molecule has 2 aromatic rings. The Bertz CT molecular complexity index is 717. The van der Waals surface area contributed by atoms with E-state index in [4.69, 9.17) is 4.98 Å². The van der Waals surface area contributed by atoms with Gasteiger partial charge in [-0.1, -0.05) is 17.4 Å². The second-order valence-corrected chi connectivity index (χ2v) is 7.48. The molecule has 2 amide bonds. The first-order valence-electron chi connectivity index (χ1n) is 8.12. The summed E-state index contributed by atoms with van der Waals surface area (Å²) < 4.78 is 1.27. The standard InChI is InChI=1S/C17H24N4OS/c1-11(2)18-16(22)20-5-7-21(8-6-20)17-19-14-10-12(3)9-13(4)15(14)23-17/h9-11H,5-8H2,1-4H3,(H,18,22). The molecule has 5 nitrogen and oxygen atoms in total. The Morgan fingerprint density at radius 2 is 1.91 bits per heavy atom. The normalized spacial score (nSPS) is 15.5. The fourth-order valence-electron chi connectivity index (χ4n) is 2.94. The van der Waals surface area contributed by atoms with Crippen LogP contribution in [0.15, 0.2) is 12.1 Å². The summed E-state index contributed by atoms with van der Waals surface area (Å²) >= 11 is 1.76. The molecular formula is C17H24N4OS. The van der Waals surface area contributed by atoms with E-state index in [9.17, 15) is 4.79 Å². The molecule has 0 atom stereocenters. The van der Waals surface area contributed by atoms with Gasteiger partial charge in [0.05, 0.1) is 10.2 Å². The highest BCUT2D eigenvalue weighted by Gasteiger charge is 2.23. The number of thiazole rings is 1. The van der Waals surface area contributed by atoms with Crippen LogP contribution in [-0.2, 0) is 0 Å². The summed E-state index contributed by atoms with van der Waals surface area (Å²) in [6, 6.07) is 4.57. The quantitative estimate of drug-likeness (QED) is 0.919. The van der Waals surface area contributed by atoms with Crippen molar-refractivity contribution in [3.8, 4) is 0 Å². The van der Waals surface area contributed by atoms with E-state index in [1.54, 1.807) is 11.3 Å². The van der Waals surface area contributed by atoms with E-state index in [1.165, 1.54) is 15.8 Å². The number of nitrogens with zero attached hydrogens (tertiary/aromatic N) is 3. The van der Waals surface area contributed by atoms with Crippen molar-refractivity contribution in [3.63, 3.8) is 0 Å². The smallest absolute Gasteiger partial charge is 0.317 e. The Kier molecular flexibility index (Phi) is 4.43. The van der Waals surface area contributed by atoms with E-state index >= 15 is 0 Å². The topological polar surface area (TPSA) is 48.5 Å². The molecule has 2 heterocycles. The van der Waals surface area contributed by atoms with Gasteiger partial charge in [0.2, 0.25) is 0 Å². The van der Waals surface area contributed by atoms with E-state index in [0.29, 0.717) is 0 Å². The minimum Gasteiger partial charge on any atom is -0.345 e. The Morgan fingerprint density at radius 3 is 2.57 bits per heavy atom. The van der Waals surface area contributed by atoms with Crippen LogP contribution < -0.4 is 10.2 Å². The SMILES string of the molecule is Cc1cc(C)c2sc(N3CCN(C(=O)NC(C)C)CC3)nc2c1. The molecule has 1 saturated heterocycles. The highest BCUT2D eigenvalue weighted by atomic mass is 32.1. The number of benzene rings is 1. The second-order valence-electron chi connectivity index (χ2n) is 6.50. The van der Waals surface area contributed by atoms with Crippen molar-refractivity contribution < 1.29 is 4.79 Å². The van der Waals surface area contributed by atoms with E-state index in [0.717, 1.165) is 36.8 Å². The third-order valence-electron chi connectivity index (χ3n) is 4.06. The number of carbonyl (C=O) groups excluding carboxylic acids is 1. The maximum Gasteiger partial charge on any atom is 0.317 e. The number of amides is 2. The molecule has 0 bridgehead atoms. The minimum absolute atomic E-state index is 0.0374. The van der Waals surface area contributed by atoms with Crippen molar-refractivity contribution in [1.29, 1.82) is 0 Å². The average molecular weight is 332 g/mol. The number of hydrogen-bond acceptors (Lipinski definition) is 4. The van der Waals surface area contributed by atoms with E-state index in [1.807, 2.05) is 18.7 Å². The maximum atomic E-state index is 12.1. The molecule has 1 aromatic heterocycles. The second kappa shape index (κ2) is 6.35. The number of fused-ring (bicyclic) bond motifs is 1. The molecule has 1 N–H and O–H groups in total. The van der Waals surface area contributed by atoms with Crippen molar-refractivity contribution in [1.82, 2.24) is 15.2 Å². The van der Waals surface area contributed by atoms with Gasteiger partial charge in [0.15, 0.2) is 5.13 Å². The number of nitrogens with one attached hydrogen (secondary N) is 1. The molecule has 23 heavy (non-hydrogen) atoms. The van der Waals surface area contributed by atoms with Crippen LogP contribution in [0.25, 0.3) is 10.2 Å². The van der Waals surface area contributed by atoms with Gasteiger partial charge in [-0.3, -0.25) is 0 Å². The molecule has 0 radical (unpaired) electrons. The van der Waals surface area contributed by atoms with Crippen molar-refractivity contribution in [2.24, 2.45) is 0 Å². The fraction of sp³-hybridized carbons (Fsp3) is 0.529. The Labute approximate surface area is 141 Å². The lowest BCUT2D eigenvalue weighted by Gasteiger charge is -2.34. The Balaban J connectivity index is 1.70. The number of piperazine rings is 1. The van der Waals surface area contributed by atoms with Crippen LogP contribution >= 0.6 is 11.3 Å². The number of urea groups is 1. The predicted octanol–water partition coefficient (Wildman–Crippen LogP) is 3.15. The zero-order valence-electron chi connectivity index (χ0n) is 14.2.